The van der Waals surface area contributed by atoms with Gasteiger partial charge in [0.05, 0.1) is 18.8 Å². The lowest BCUT2D eigenvalue weighted by Gasteiger charge is -2.64. The average molecular weight is 609 g/mol. The summed E-state index contributed by atoms with van der Waals surface area (Å²) in [6.45, 7) is 8.48. The molecule has 4 aliphatic carbocycles. The van der Waals surface area contributed by atoms with Gasteiger partial charge in [-0.2, -0.15) is 0 Å². The van der Waals surface area contributed by atoms with E-state index in [4.69, 9.17) is 14.2 Å². The van der Waals surface area contributed by atoms with Crippen LogP contribution >= 0.6 is 0 Å². The maximum absolute atomic E-state index is 13.0. The fraction of sp³-hybridized carbons (Fsp3) is 0.774. The third-order valence-electron chi connectivity index (χ3n) is 11.8. The van der Waals surface area contributed by atoms with Gasteiger partial charge in [-0.1, -0.05) is 19.6 Å². The quantitative estimate of drug-likeness (QED) is 0.0799. The minimum atomic E-state index is -2.21. The molecule has 2 bridgehead atoms. The molecular formula is C31H44O12. The molecule has 1 spiro atoms. The average Bonchev–Trinajstić information content (AvgIpc) is 3.14. The van der Waals surface area contributed by atoms with Crippen molar-refractivity contribution in [2.75, 3.05) is 6.61 Å². The molecule has 0 unspecified atom stereocenters. The maximum Gasteiger partial charge on any atom is 0.333 e. The first-order valence-corrected chi connectivity index (χ1v) is 15.1. The Hall–Kier alpha value is -2.35. The number of ether oxygens (including phenoxy) is 3. The van der Waals surface area contributed by atoms with Gasteiger partial charge in [-0.3, -0.25) is 9.59 Å². The molecule has 5 rings (SSSR count). The number of carbonyl (C=O) groups is 3. The molecule has 0 amide bonds. The highest BCUT2D eigenvalue weighted by atomic mass is 16.7. The van der Waals surface area contributed by atoms with Gasteiger partial charge in [-0.25, -0.2) is 4.79 Å². The molecule has 0 radical (unpaired) electrons. The highest BCUT2D eigenvalue weighted by molar-refractivity contribution is 5.99. The maximum atomic E-state index is 13.0. The van der Waals surface area contributed by atoms with Crippen molar-refractivity contribution in [1.29, 1.82) is 0 Å². The number of aliphatic carboxylic acids is 2. The Balaban J connectivity index is 1.53. The van der Waals surface area contributed by atoms with Crippen LogP contribution in [0.15, 0.2) is 23.8 Å². The van der Waals surface area contributed by atoms with E-state index in [0.29, 0.717) is 19.3 Å². The first kappa shape index (κ1) is 32.1. The van der Waals surface area contributed by atoms with Crippen molar-refractivity contribution in [3.63, 3.8) is 0 Å². The van der Waals surface area contributed by atoms with E-state index < -0.39 is 96.0 Å². The third kappa shape index (κ3) is 4.67. The van der Waals surface area contributed by atoms with Gasteiger partial charge in [0, 0.05) is 17.4 Å². The molecule has 1 heterocycles. The van der Waals surface area contributed by atoms with Crippen LogP contribution in [-0.2, 0) is 28.6 Å². The van der Waals surface area contributed by atoms with E-state index in [9.17, 15) is 45.0 Å². The molecule has 0 aromatic carbocycles. The Morgan fingerprint density at radius 2 is 1.70 bits per heavy atom. The van der Waals surface area contributed by atoms with Crippen molar-refractivity contribution in [2.45, 2.75) is 109 Å². The van der Waals surface area contributed by atoms with Crippen molar-refractivity contribution >= 4 is 17.9 Å². The number of carboxylic acid groups (broad SMARTS) is 2. The lowest BCUT2D eigenvalue weighted by molar-refractivity contribution is -0.323. The van der Waals surface area contributed by atoms with Crippen LogP contribution in [-0.4, -0.2) is 98.1 Å². The van der Waals surface area contributed by atoms with E-state index in [1.807, 2.05) is 6.92 Å². The van der Waals surface area contributed by atoms with Gasteiger partial charge in [0.2, 0.25) is 0 Å². The van der Waals surface area contributed by atoms with Crippen molar-refractivity contribution < 1.29 is 59.2 Å². The van der Waals surface area contributed by atoms with E-state index in [0.717, 1.165) is 18.4 Å². The van der Waals surface area contributed by atoms with Crippen LogP contribution in [0.5, 0.6) is 0 Å². The fourth-order valence-corrected chi connectivity index (χ4v) is 9.59. The molecule has 12 atom stereocenters. The summed E-state index contributed by atoms with van der Waals surface area (Å²) in [4.78, 5) is 38.6. The van der Waals surface area contributed by atoms with Crippen molar-refractivity contribution in [2.24, 2.45) is 34.0 Å². The molecule has 5 fully saturated rings. The van der Waals surface area contributed by atoms with Crippen LogP contribution in [0.2, 0.25) is 0 Å². The van der Waals surface area contributed by atoms with E-state index >= 15 is 0 Å². The van der Waals surface area contributed by atoms with Crippen LogP contribution in [0.25, 0.3) is 0 Å². The van der Waals surface area contributed by atoms with Crippen LogP contribution in [0.4, 0.5) is 0 Å². The highest BCUT2D eigenvalue weighted by Crippen LogP contribution is 2.72. The summed E-state index contributed by atoms with van der Waals surface area (Å²) >= 11 is 0. The first-order chi connectivity index (χ1) is 20.2. The molecule has 4 saturated carbocycles. The second-order valence-corrected chi connectivity index (χ2v) is 13.6. The Kier molecular flexibility index (Phi) is 8.37. The summed E-state index contributed by atoms with van der Waals surface area (Å²) < 4.78 is 17.5. The summed E-state index contributed by atoms with van der Waals surface area (Å²) in [5.74, 6) is -4.55. The number of hydrogen-bond donors (Lipinski definition) is 6. The molecule has 12 nitrogen and oxygen atoms in total. The number of fused-ring (bicyclic) bond motifs is 3. The van der Waals surface area contributed by atoms with Crippen molar-refractivity contribution in [3.05, 3.63) is 23.8 Å². The van der Waals surface area contributed by atoms with E-state index in [2.05, 4.69) is 6.58 Å². The molecule has 1 aliphatic heterocycles. The van der Waals surface area contributed by atoms with E-state index in [1.54, 1.807) is 6.92 Å². The molecule has 6 N–H and O–H groups in total. The third-order valence-corrected chi connectivity index (χ3v) is 11.8. The molecule has 5 aliphatic rings. The SMILES string of the molecule is C=C1[C@@H]2CC[C@H]3[C@]4(C)C[C@H](O[C@@H]5O[C@H](CO)[C@@H](O)[C@H](O)[C@H]5OC(=O)/C(C)=C\C)CC(C(=O)O)(C(=O)O)[C@H]4CC[C@]3(C2)[C@H]1O. The summed E-state index contributed by atoms with van der Waals surface area (Å²) in [6, 6.07) is 0. The zero-order valence-electron chi connectivity index (χ0n) is 24.8. The number of rotatable bonds is 7. The summed E-state index contributed by atoms with van der Waals surface area (Å²) in [7, 11) is 0. The topological polar surface area (TPSA) is 200 Å². The molecule has 1 saturated heterocycles. The van der Waals surface area contributed by atoms with Gasteiger partial charge in [0.1, 0.15) is 18.3 Å². The largest absolute Gasteiger partial charge is 0.480 e. The fourth-order valence-electron chi connectivity index (χ4n) is 9.59. The summed E-state index contributed by atoms with van der Waals surface area (Å²) in [5, 5.41) is 63.7. The van der Waals surface area contributed by atoms with Gasteiger partial charge < -0.3 is 44.8 Å². The Labute approximate surface area is 250 Å². The number of aliphatic hydroxyl groups is 4. The van der Waals surface area contributed by atoms with Crippen LogP contribution in [0.1, 0.15) is 65.7 Å². The zero-order chi connectivity index (χ0) is 31.6. The number of aliphatic hydroxyl groups excluding tert-OH is 4. The van der Waals surface area contributed by atoms with Gasteiger partial charge >= 0.3 is 17.9 Å². The van der Waals surface area contributed by atoms with Gasteiger partial charge in [0.15, 0.2) is 17.8 Å². The predicted octanol–water partition coefficient (Wildman–Crippen LogP) is 1.39. The molecular weight excluding hydrogens is 564 g/mol. The minimum absolute atomic E-state index is 0.167. The summed E-state index contributed by atoms with van der Waals surface area (Å²) in [6.07, 6.45) is -5.27. The standard InChI is InChI=1S/C31H44O12/c1-5-14(2)25(36)43-23-22(34)21(33)18(13-32)42-26(23)41-17-11-29(4)19-7-6-16-10-30(19,24(35)15(16)3)9-8-20(29)31(12-17,27(37)38)28(39)40/h5,16-24,26,32-35H,3,6-13H2,1-2,4H3,(H,37,38)(H,39,40)/b14-5-/t16-,17+,18-,19+,20+,21-,22+,23-,24+,26-,29+,30-/m1/s1. The zero-order valence-corrected chi connectivity index (χ0v) is 24.8. The van der Waals surface area contributed by atoms with Crippen molar-refractivity contribution in [1.82, 2.24) is 0 Å². The highest BCUT2D eigenvalue weighted by Gasteiger charge is 2.72. The van der Waals surface area contributed by atoms with Gasteiger partial charge in [0.25, 0.3) is 0 Å². The molecule has 43 heavy (non-hydrogen) atoms. The van der Waals surface area contributed by atoms with Crippen LogP contribution in [0, 0.1) is 34.0 Å². The van der Waals surface area contributed by atoms with Gasteiger partial charge in [-0.05, 0) is 81.1 Å². The van der Waals surface area contributed by atoms with Gasteiger partial charge in [-0.15, -0.1) is 0 Å². The number of carbonyl (C=O) groups excluding carboxylic acids is 1. The van der Waals surface area contributed by atoms with Crippen LogP contribution < -0.4 is 0 Å². The molecule has 0 aromatic rings. The Morgan fingerprint density at radius 3 is 2.30 bits per heavy atom. The number of carboxylic acids is 2. The predicted molar refractivity (Wildman–Crippen MR) is 148 cm³/mol. The number of allylic oxidation sites excluding steroid dienone is 1. The first-order valence-electron chi connectivity index (χ1n) is 15.1. The second kappa shape index (κ2) is 11.2. The molecule has 0 aromatic heterocycles. The second-order valence-electron chi connectivity index (χ2n) is 13.6. The Bertz CT molecular complexity index is 1180. The minimum Gasteiger partial charge on any atom is -0.480 e. The normalized spacial score (nSPS) is 45.6. The summed E-state index contributed by atoms with van der Waals surface area (Å²) in [5.41, 5.74) is -2.64. The lowest BCUT2D eigenvalue weighted by Crippen LogP contribution is -2.66. The Morgan fingerprint density at radius 1 is 1.02 bits per heavy atom. The van der Waals surface area contributed by atoms with E-state index in [1.165, 1.54) is 13.0 Å². The molecule has 240 valence electrons. The van der Waals surface area contributed by atoms with Crippen molar-refractivity contribution in [3.8, 4) is 0 Å². The lowest BCUT2D eigenvalue weighted by atomic mass is 9.40. The number of esters is 1. The smallest absolute Gasteiger partial charge is 0.333 e. The number of hydrogen-bond acceptors (Lipinski definition) is 10. The van der Waals surface area contributed by atoms with E-state index in [-0.39, 0.29) is 23.8 Å². The van der Waals surface area contributed by atoms with Crippen LogP contribution in [0.3, 0.4) is 0 Å². The monoisotopic (exact) mass is 608 g/mol. The molecule has 12 heteroatoms.